The summed E-state index contributed by atoms with van der Waals surface area (Å²) >= 11 is 0. The van der Waals surface area contributed by atoms with Gasteiger partial charge in [-0.2, -0.15) is 0 Å². The zero-order chi connectivity index (χ0) is 9.97. The maximum absolute atomic E-state index is 10.2. The van der Waals surface area contributed by atoms with E-state index in [-0.39, 0.29) is 13.3 Å². The van der Waals surface area contributed by atoms with Crippen LogP contribution in [0.4, 0.5) is 4.79 Å². The lowest BCUT2D eigenvalue weighted by atomic mass is 10.2. The molecular weight excluding hydrogens is 186 g/mol. The van der Waals surface area contributed by atoms with Gasteiger partial charge in [0.1, 0.15) is 0 Å². The molecule has 1 aromatic carbocycles. The molecule has 0 aromatic heterocycles. The largest absolute Gasteiger partial charge is 0.465 e. The van der Waals surface area contributed by atoms with Gasteiger partial charge in [-0.1, -0.05) is 6.07 Å². The van der Waals surface area contributed by atoms with Crippen LogP contribution in [-0.4, -0.2) is 18.0 Å². The molecule has 1 aliphatic rings. The summed E-state index contributed by atoms with van der Waals surface area (Å²) in [6, 6.07) is 5.32. The first-order valence-corrected chi connectivity index (χ1v) is 4.11. The van der Waals surface area contributed by atoms with Crippen LogP contribution in [0.15, 0.2) is 18.2 Å². The normalized spacial score (nSPS) is 12.6. The Morgan fingerprint density at radius 2 is 2.21 bits per heavy atom. The number of hydrogen-bond donors (Lipinski definition) is 2. The van der Waals surface area contributed by atoms with Gasteiger partial charge in [-0.05, 0) is 17.7 Å². The average molecular weight is 195 g/mol. The molecule has 5 heteroatoms. The summed E-state index contributed by atoms with van der Waals surface area (Å²) in [5.74, 6) is 1.36. The molecule has 0 unspecified atom stereocenters. The van der Waals surface area contributed by atoms with Crippen molar-refractivity contribution in [2.75, 3.05) is 6.79 Å². The van der Waals surface area contributed by atoms with Gasteiger partial charge in [0.2, 0.25) is 6.79 Å². The Morgan fingerprint density at radius 1 is 1.43 bits per heavy atom. The van der Waals surface area contributed by atoms with Gasteiger partial charge in [0, 0.05) is 6.54 Å². The van der Waals surface area contributed by atoms with E-state index in [2.05, 4.69) is 5.32 Å². The van der Waals surface area contributed by atoms with Crippen LogP contribution in [-0.2, 0) is 6.54 Å². The quantitative estimate of drug-likeness (QED) is 0.743. The summed E-state index contributed by atoms with van der Waals surface area (Å²) in [6.45, 7) is 0.497. The van der Waals surface area contributed by atoms with Crippen LogP contribution < -0.4 is 14.8 Å². The lowest BCUT2D eigenvalue weighted by Gasteiger charge is -2.02. The van der Waals surface area contributed by atoms with Gasteiger partial charge in [-0.3, -0.25) is 0 Å². The zero-order valence-electron chi connectivity index (χ0n) is 7.32. The molecular formula is C9H9NO4. The molecule has 1 heterocycles. The second kappa shape index (κ2) is 3.45. The summed E-state index contributed by atoms with van der Waals surface area (Å²) in [5.41, 5.74) is 0.844. The highest BCUT2D eigenvalue weighted by Gasteiger charge is 2.12. The summed E-state index contributed by atoms with van der Waals surface area (Å²) in [5, 5.41) is 10.7. The fraction of sp³-hybridized carbons (Fsp3) is 0.222. The van der Waals surface area contributed by atoms with Crippen LogP contribution in [0.3, 0.4) is 0 Å². The third-order valence-electron chi connectivity index (χ3n) is 1.88. The zero-order valence-corrected chi connectivity index (χ0v) is 7.32. The van der Waals surface area contributed by atoms with Gasteiger partial charge in [-0.15, -0.1) is 0 Å². The molecule has 0 aliphatic carbocycles. The van der Waals surface area contributed by atoms with E-state index in [0.717, 1.165) is 5.56 Å². The van der Waals surface area contributed by atoms with Crippen molar-refractivity contribution >= 4 is 6.09 Å². The first kappa shape index (κ1) is 8.68. The summed E-state index contributed by atoms with van der Waals surface area (Å²) < 4.78 is 10.3. The molecule has 0 spiro atoms. The van der Waals surface area contributed by atoms with Gasteiger partial charge in [-0.25, -0.2) is 4.79 Å². The van der Waals surface area contributed by atoms with Gasteiger partial charge in [0.05, 0.1) is 0 Å². The lowest BCUT2D eigenvalue weighted by molar-refractivity contribution is 0.174. The predicted octanol–water partition coefficient (Wildman–Crippen LogP) is 1.18. The Balaban J connectivity index is 2.09. The average Bonchev–Trinajstić information content (AvgIpc) is 2.61. The number of hydrogen-bond acceptors (Lipinski definition) is 3. The molecule has 74 valence electrons. The highest BCUT2D eigenvalue weighted by molar-refractivity contribution is 5.64. The Kier molecular flexibility index (Phi) is 2.14. The van der Waals surface area contributed by atoms with E-state index >= 15 is 0 Å². The highest BCUT2D eigenvalue weighted by Crippen LogP contribution is 2.32. The predicted molar refractivity (Wildman–Crippen MR) is 47.4 cm³/mol. The van der Waals surface area contributed by atoms with Gasteiger partial charge in [0.25, 0.3) is 0 Å². The molecule has 1 amide bonds. The van der Waals surface area contributed by atoms with Crippen LogP contribution in [0.25, 0.3) is 0 Å². The fourth-order valence-electron chi connectivity index (χ4n) is 1.23. The molecule has 1 aromatic rings. The fourth-order valence-corrected chi connectivity index (χ4v) is 1.23. The number of carboxylic acid groups (broad SMARTS) is 1. The van der Waals surface area contributed by atoms with Crippen LogP contribution in [0.2, 0.25) is 0 Å². The molecule has 0 radical (unpaired) electrons. The topological polar surface area (TPSA) is 67.8 Å². The maximum Gasteiger partial charge on any atom is 0.404 e. The van der Waals surface area contributed by atoms with Crippen LogP contribution in [0, 0.1) is 0 Å². The van der Waals surface area contributed by atoms with E-state index in [1.807, 2.05) is 0 Å². The summed E-state index contributed by atoms with van der Waals surface area (Å²) in [7, 11) is 0. The van der Waals surface area contributed by atoms with E-state index in [0.29, 0.717) is 11.5 Å². The molecule has 0 saturated heterocycles. The molecule has 2 rings (SSSR count). The molecule has 2 N–H and O–H groups in total. The summed E-state index contributed by atoms with van der Waals surface area (Å²) in [6.07, 6.45) is -1.04. The number of rotatable bonds is 2. The van der Waals surface area contributed by atoms with Crippen LogP contribution >= 0.6 is 0 Å². The van der Waals surface area contributed by atoms with Crippen molar-refractivity contribution in [3.63, 3.8) is 0 Å². The number of nitrogens with one attached hydrogen (secondary N) is 1. The smallest absolute Gasteiger partial charge is 0.404 e. The van der Waals surface area contributed by atoms with Crippen molar-refractivity contribution in [1.29, 1.82) is 0 Å². The SMILES string of the molecule is O=C(O)NCc1ccc2c(c1)OCO2. The Labute approximate surface area is 80.3 Å². The molecule has 1 aliphatic heterocycles. The maximum atomic E-state index is 10.2. The molecule has 0 fully saturated rings. The van der Waals surface area contributed by atoms with E-state index in [1.54, 1.807) is 18.2 Å². The third-order valence-corrected chi connectivity index (χ3v) is 1.88. The minimum atomic E-state index is -1.04. The van der Waals surface area contributed by atoms with Gasteiger partial charge in [0.15, 0.2) is 11.5 Å². The second-order valence-electron chi connectivity index (χ2n) is 2.85. The van der Waals surface area contributed by atoms with Gasteiger partial charge >= 0.3 is 6.09 Å². The monoisotopic (exact) mass is 195 g/mol. The standard InChI is InChI=1S/C9H9NO4/c11-9(12)10-4-6-1-2-7-8(3-6)14-5-13-7/h1-3,10H,4-5H2,(H,11,12). The Morgan fingerprint density at radius 3 is 3.00 bits per heavy atom. The number of amides is 1. The lowest BCUT2D eigenvalue weighted by Crippen LogP contribution is -2.19. The number of fused-ring (bicyclic) bond motifs is 1. The van der Waals surface area contributed by atoms with Crippen LogP contribution in [0.1, 0.15) is 5.56 Å². The van der Waals surface area contributed by atoms with Crippen molar-refractivity contribution in [2.24, 2.45) is 0 Å². The van der Waals surface area contributed by atoms with Gasteiger partial charge < -0.3 is 19.9 Å². The Bertz CT molecular complexity index is 364. The van der Waals surface area contributed by atoms with E-state index in [9.17, 15) is 4.79 Å². The minimum Gasteiger partial charge on any atom is -0.465 e. The van der Waals surface area contributed by atoms with Crippen molar-refractivity contribution < 1.29 is 19.4 Å². The summed E-state index contributed by atoms with van der Waals surface area (Å²) in [4.78, 5) is 10.2. The van der Waals surface area contributed by atoms with E-state index in [1.165, 1.54) is 0 Å². The molecule has 5 nitrogen and oxygen atoms in total. The molecule has 0 atom stereocenters. The number of ether oxygens (including phenoxy) is 2. The Hall–Kier alpha value is -1.91. The molecule has 0 bridgehead atoms. The third kappa shape index (κ3) is 1.71. The van der Waals surface area contributed by atoms with Crippen molar-refractivity contribution in [1.82, 2.24) is 5.32 Å². The first-order chi connectivity index (χ1) is 6.75. The minimum absolute atomic E-state index is 0.227. The molecule has 0 saturated carbocycles. The number of benzene rings is 1. The first-order valence-electron chi connectivity index (χ1n) is 4.11. The highest BCUT2D eigenvalue weighted by atomic mass is 16.7. The van der Waals surface area contributed by atoms with Crippen molar-refractivity contribution in [3.8, 4) is 11.5 Å². The van der Waals surface area contributed by atoms with E-state index in [4.69, 9.17) is 14.6 Å². The van der Waals surface area contributed by atoms with Crippen molar-refractivity contribution in [2.45, 2.75) is 6.54 Å². The second-order valence-corrected chi connectivity index (χ2v) is 2.85. The van der Waals surface area contributed by atoms with Crippen molar-refractivity contribution in [3.05, 3.63) is 23.8 Å². The molecule has 14 heavy (non-hydrogen) atoms. The number of carbonyl (C=O) groups is 1. The van der Waals surface area contributed by atoms with E-state index < -0.39 is 6.09 Å². The van der Waals surface area contributed by atoms with Crippen LogP contribution in [0.5, 0.6) is 11.5 Å².